The minimum atomic E-state index is -1.69. The van der Waals surface area contributed by atoms with E-state index in [1.54, 1.807) is 5.38 Å². The summed E-state index contributed by atoms with van der Waals surface area (Å²) >= 11 is 9.89. The number of hydrogen-bond donors (Lipinski definition) is 0. The zero-order valence-corrected chi connectivity index (χ0v) is 10.4. The van der Waals surface area contributed by atoms with Crippen LogP contribution in [0, 0.1) is 0 Å². The molecule has 1 aromatic rings. The van der Waals surface area contributed by atoms with Gasteiger partial charge in [0.2, 0.25) is 0 Å². The summed E-state index contributed by atoms with van der Waals surface area (Å²) < 4.78 is 16.1. The van der Waals surface area contributed by atoms with E-state index < -0.39 is 11.1 Å². The van der Waals surface area contributed by atoms with E-state index in [2.05, 4.69) is 21.7 Å². The first kappa shape index (κ1) is 11.8. The smallest absolute Gasteiger partial charge is 0.268 e. The van der Waals surface area contributed by atoms with E-state index in [-0.39, 0.29) is 0 Å². The standard InChI is InChI=1S/C7H6ClNO2S3/c1-2-6-7(5(8)3-13-6)14(10)11-9-4-12/h3H,2H2,1H3. The summed E-state index contributed by atoms with van der Waals surface area (Å²) in [5.41, 5.74) is 0. The molecule has 1 rings (SSSR count). The van der Waals surface area contributed by atoms with Gasteiger partial charge in [-0.05, 0) is 23.8 Å². The summed E-state index contributed by atoms with van der Waals surface area (Å²) in [6.07, 6.45) is 0.753. The van der Waals surface area contributed by atoms with Crippen LogP contribution in [0.2, 0.25) is 5.02 Å². The van der Waals surface area contributed by atoms with Gasteiger partial charge >= 0.3 is 0 Å². The van der Waals surface area contributed by atoms with Crippen molar-refractivity contribution in [2.45, 2.75) is 18.2 Å². The molecule has 0 radical (unpaired) electrons. The Bertz CT molecular complexity index is 398. The van der Waals surface area contributed by atoms with Crippen LogP contribution in [0.3, 0.4) is 0 Å². The summed E-state index contributed by atoms with van der Waals surface area (Å²) in [4.78, 5) is 1.40. The second-order valence-corrected chi connectivity index (χ2v) is 4.76. The maximum absolute atomic E-state index is 11.5. The Hall–Kier alpha value is -0.260. The van der Waals surface area contributed by atoms with E-state index in [1.807, 2.05) is 12.1 Å². The average Bonchev–Trinajstić information content (AvgIpc) is 2.56. The minimum absolute atomic E-state index is 0.435. The molecule has 1 aromatic heterocycles. The third-order valence-corrected chi connectivity index (χ3v) is 4.29. The highest BCUT2D eigenvalue weighted by Crippen LogP contribution is 2.30. The van der Waals surface area contributed by atoms with Crippen LogP contribution in [-0.4, -0.2) is 9.37 Å². The van der Waals surface area contributed by atoms with Gasteiger partial charge in [0.25, 0.3) is 11.1 Å². The van der Waals surface area contributed by atoms with Crippen molar-refractivity contribution in [2.24, 2.45) is 5.16 Å². The fourth-order valence-corrected chi connectivity index (χ4v) is 3.34. The normalized spacial score (nSPS) is 11.9. The van der Waals surface area contributed by atoms with E-state index in [9.17, 15) is 4.21 Å². The monoisotopic (exact) mass is 267 g/mol. The number of aryl methyl sites for hydroxylation is 1. The zero-order chi connectivity index (χ0) is 10.6. The maximum atomic E-state index is 11.5. The van der Waals surface area contributed by atoms with Crippen molar-refractivity contribution < 1.29 is 8.49 Å². The lowest BCUT2D eigenvalue weighted by Gasteiger charge is -1.98. The number of thiocarbonyl (C=S) groups is 1. The summed E-state index contributed by atoms with van der Waals surface area (Å²) in [5, 5.41) is 7.28. The maximum Gasteiger partial charge on any atom is 0.268 e. The fraction of sp³-hybridized carbons (Fsp3) is 0.286. The summed E-state index contributed by atoms with van der Waals surface area (Å²) in [7, 11) is 0. The van der Waals surface area contributed by atoms with Crippen LogP contribution in [-0.2, 0) is 21.8 Å². The van der Waals surface area contributed by atoms with Crippen molar-refractivity contribution in [3.05, 3.63) is 15.3 Å². The summed E-state index contributed by atoms with van der Waals surface area (Å²) in [5.74, 6) is 0. The molecule has 7 heteroatoms. The molecule has 0 aliphatic heterocycles. The Morgan fingerprint density at radius 1 is 1.86 bits per heavy atom. The van der Waals surface area contributed by atoms with Crippen molar-refractivity contribution in [2.75, 3.05) is 0 Å². The van der Waals surface area contributed by atoms with E-state index in [1.165, 1.54) is 11.3 Å². The molecule has 0 saturated heterocycles. The topological polar surface area (TPSA) is 38.7 Å². The number of nitrogens with zero attached hydrogens (tertiary/aromatic N) is 1. The molecule has 1 unspecified atom stereocenters. The Morgan fingerprint density at radius 3 is 3.14 bits per heavy atom. The molecule has 0 N–H and O–H groups in total. The Balaban J connectivity index is 2.98. The summed E-state index contributed by atoms with van der Waals surface area (Å²) in [6.45, 7) is 1.95. The van der Waals surface area contributed by atoms with Gasteiger partial charge in [-0.25, -0.2) is 4.21 Å². The molecule has 76 valence electrons. The highest BCUT2D eigenvalue weighted by Gasteiger charge is 2.17. The van der Waals surface area contributed by atoms with Crippen molar-refractivity contribution >= 4 is 51.4 Å². The van der Waals surface area contributed by atoms with Gasteiger partial charge in [0, 0.05) is 10.3 Å². The molecule has 0 bridgehead atoms. The molecule has 0 amide bonds. The Morgan fingerprint density at radius 2 is 2.57 bits per heavy atom. The molecule has 0 aliphatic rings. The molecule has 3 nitrogen and oxygen atoms in total. The van der Waals surface area contributed by atoms with Gasteiger partial charge in [-0.3, -0.25) is 4.28 Å². The highest BCUT2D eigenvalue weighted by molar-refractivity contribution is 7.80. The van der Waals surface area contributed by atoms with Gasteiger partial charge in [-0.1, -0.05) is 18.5 Å². The van der Waals surface area contributed by atoms with E-state index in [0.717, 1.165) is 11.3 Å². The molecular weight excluding hydrogens is 262 g/mol. The first-order valence-electron chi connectivity index (χ1n) is 3.63. The van der Waals surface area contributed by atoms with Crippen LogP contribution >= 0.6 is 35.2 Å². The second-order valence-electron chi connectivity index (χ2n) is 2.18. The molecule has 0 fully saturated rings. The van der Waals surface area contributed by atoms with Crippen LogP contribution < -0.4 is 0 Å². The van der Waals surface area contributed by atoms with Gasteiger partial charge < -0.3 is 0 Å². The number of hydrogen-bond acceptors (Lipinski definition) is 5. The van der Waals surface area contributed by atoms with Gasteiger partial charge in [-0.2, -0.15) is 0 Å². The van der Waals surface area contributed by atoms with Crippen molar-refractivity contribution in [3.63, 3.8) is 0 Å². The van der Waals surface area contributed by atoms with Crippen molar-refractivity contribution in [3.8, 4) is 0 Å². The van der Waals surface area contributed by atoms with Crippen LogP contribution in [0.15, 0.2) is 15.4 Å². The third-order valence-electron chi connectivity index (χ3n) is 1.40. The summed E-state index contributed by atoms with van der Waals surface area (Å²) in [6, 6.07) is 0. The average molecular weight is 268 g/mol. The predicted octanol–water partition coefficient (Wildman–Crippen LogP) is 3.02. The van der Waals surface area contributed by atoms with Gasteiger partial charge in [0.15, 0.2) is 0 Å². The van der Waals surface area contributed by atoms with E-state index in [4.69, 9.17) is 11.6 Å². The zero-order valence-electron chi connectivity index (χ0n) is 7.15. The SMILES string of the molecule is CCc1scc(Cl)c1S(=O)ON=C=S. The van der Waals surface area contributed by atoms with E-state index >= 15 is 0 Å². The van der Waals surface area contributed by atoms with Gasteiger partial charge in [0.05, 0.1) is 5.02 Å². The fourth-order valence-electron chi connectivity index (χ4n) is 0.866. The quantitative estimate of drug-likeness (QED) is 0.478. The molecule has 1 heterocycles. The molecule has 0 aliphatic carbocycles. The molecule has 14 heavy (non-hydrogen) atoms. The lowest BCUT2D eigenvalue weighted by molar-refractivity contribution is 0.377. The Labute approximate surface area is 98.4 Å². The minimum Gasteiger partial charge on any atom is -0.277 e. The van der Waals surface area contributed by atoms with Crippen molar-refractivity contribution in [1.82, 2.24) is 0 Å². The van der Waals surface area contributed by atoms with Crippen molar-refractivity contribution in [1.29, 1.82) is 0 Å². The van der Waals surface area contributed by atoms with Crippen LogP contribution in [0.4, 0.5) is 0 Å². The first-order valence-corrected chi connectivity index (χ1v) is 6.37. The Kier molecular flexibility index (Phi) is 4.71. The molecule has 0 aromatic carbocycles. The third kappa shape index (κ3) is 2.62. The predicted molar refractivity (Wildman–Crippen MR) is 61.2 cm³/mol. The van der Waals surface area contributed by atoms with Crippen LogP contribution in [0.25, 0.3) is 0 Å². The molecule has 1 atom stereocenters. The van der Waals surface area contributed by atoms with Crippen LogP contribution in [0.1, 0.15) is 11.8 Å². The number of thiophene rings is 1. The van der Waals surface area contributed by atoms with Crippen LogP contribution in [0.5, 0.6) is 0 Å². The van der Waals surface area contributed by atoms with Gasteiger partial charge in [0.1, 0.15) is 10.1 Å². The first-order chi connectivity index (χ1) is 6.70. The van der Waals surface area contributed by atoms with Gasteiger partial charge in [-0.15, -0.1) is 11.3 Å². The molecule has 0 saturated carbocycles. The lowest BCUT2D eigenvalue weighted by atomic mass is 10.4. The molecular formula is C7H6ClNO2S3. The number of isothiocyanates is 1. The lowest BCUT2D eigenvalue weighted by Crippen LogP contribution is -1.94. The number of rotatable bonds is 4. The largest absolute Gasteiger partial charge is 0.277 e. The number of halogens is 1. The molecule has 0 spiro atoms. The second kappa shape index (κ2) is 5.58. The highest BCUT2D eigenvalue weighted by atomic mass is 35.5. The van der Waals surface area contributed by atoms with E-state index in [0.29, 0.717) is 9.92 Å².